The number of hydrogen-bond donors (Lipinski definition) is 2. The van der Waals surface area contributed by atoms with Gasteiger partial charge in [-0.3, -0.25) is 13.8 Å². The van der Waals surface area contributed by atoms with E-state index in [4.69, 9.17) is 0 Å². The summed E-state index contributed by atoms with van der Waals surface area (Å²) in [6, 6.07) is 19.3. The van der Waals surface area contributed by atoms with Crippen LogP contribution in [-0.4, -0.2) is 35.5 Å². The molecule has 0 aliphatic rings. The average Bonchev–Trinajstić information content (AvgIpc) is 2.78. The number of amides is 1. The van der Waals surface area contributed by atoms with Crippen LogP contribution >= 0.6 is 15.9 Å². The van der Waals surface area contributed by atoms with E-state index in [-0.39, 0.29) is 10.8 Å². The molecule has 3 aromatic rings. The summed E-state index contributed by atoms with van der Waals surface area (Å²) in [7, 11) is -7.54. The molecule has 0 aliphatic heterocycles. The second kappa shape index (κ2) is 10.8. The van der Waals surface area contributed by atoms with Crippen molar-refractivity contribution in [3.8, 4) is 0 Å². The first kappa shape index (κ1) is 26.7. The normalized spacial score (nSPS) is 11.8. The fraction of sp³-hybridized carbons (Fsp3) is 0.208. The standard InChI is InChI=1S/C24H26BrN3O5S2/c1-17(2)18-4-12-22(13-5-18)28(34(3,30)31)16-24(29)26-20-10-14-23(15-11-20)35(32,33)27-21-8-6-19(25)7-9-21/h4-15,17,27H,16H2,1-3H3,(H,26,29). The predicted octanol–water partition coefficient (Wildman–Crippen LogP) is 4.78. The van der Waals surface area contributed by atoms with Gasteiger partial charge in [-0.2, -0.15) is 0 Å². The highest BCUT2D eigenvalue weighted by Crippen LogP contribution is 2.23. The number of sulfonamides is 2. The van der Waals surface area contributed by atoms with E-state index in [0.717, 1.165) is 20.6 Å². The first-order chi connectivity index (χ1) is 16.3. The topological polar surface area (TPSA) is 113 Å². The maximum Gasteiger partial charge on any atom is 0.261 e. The van der Waals surface area contributed by atoms with Crippen molar-refractivity contribution in [3.05, 3.63) is 82.8 Å². The van der Waals surface area contributed by atoms with Gasteiger partial charge >= 0.3 is 0 Å². The summed E-state index contributed by atoms with van der Waals surface area (Å²) >= 11 is 3.30. The minimum atomic E-state index is -3.82. The summed E-state index contributed by atoms with van der Waals surface area (Å²) in [5.74, 6) is -0.275. The Morgan fingerprint density at radius 2 is 1.40 bits per heavy atom. The maximum atomic E-state index is 12.6. The average molecular weight is 581 g/mol. The molecule has 1 amide bonds. The number of rotatable bonds is 9. The molecule has 3 rings (SSSR count). The lowest BCUT2D eigenvalue weighted by molar-refractivity contribution is -0.114. The molecule has 0 saturated heterocycles. The van der Waals surface area contributed by atoms with Gasteiger partial charge in [-0.1, -0.05) is 41.9 Å². The number of benzene rings is 3. The van der Waals surface area contributed by atoms with Crippen molar-refractivity contribution in [3.63, 3.8) is 0 Å². The lowest BCUT2D eigenvalue weighted by Gasteiger charge is -2.22. The molecule has 11 heteroatoms. The van der Waals surface area contributed by atoms with Crippen LogP contribution in [0.25, 0.3) is 0 Å². The third-order valence-corrected chi connectivity index (χ3v) is 8.15. The Bertz CT molecular complexity index is 1390. The molecule has 0 aliphatic carbocycles. The number of nitrogens with one attached hydrogen (secondary N) is 2. The van der Waals surface area contributed by atoms with Crippen LogP contribution in [0.2, 0.25) is 0 Å². The van der Waals surface area contributed by atoms with Crippen molar-refractivity contribution in [2.75, 3.05) is 27.1 Å². The number of halogens is 1. The van der Waals surface area contributed by atoms with Crippen molar-refractivity contribution in [1.82, 2.24) is 0 Å². The van der Waals surface area contributed by atoms with Gasteiger partial charge in [0, 0.05) is 15.8 Å². The Morgan fingerprint density at radius 3 is 1.91 bits per heavy atom. The van der Waals surface area contributed by atoms with E-state index in [1.54, 1.807) is 36.4 Å². The van der Waals surface area contributed by atoms with Gasteiger partial charge in [-0.05, 0) is 72.1 Å². The second-order valence-electron chi connectivity index (χ2n) is 8.20. The van der Waals surface area contributed by atoms with E-state index >= 15 is 0 Å². The second-order valence-corrected chi connectivity index (χ2v) is 12.7. The maximum absolute atomic E-state index is 12.6. The Morgan fingerprint density at radius 1 is 0.857 bits per heavy atom. The fourth-order valence-electron chi connectivity index (χ4n) is 3.21. The monoisotopic (exact) mass is 579 g/mol. The Hall–Kier alpha value is -2.89. The van der Waals surface area contributed by atoms with E-state index in [0.29, 0.717) is 17.1 Å². The van der Waals surface area contributed by atoms with E-state index in [9.17, 15) is 21.6 Å². The number of nitrogens with zero attached hydrogens (tertiary/aromatic N) is 1. The Kier molecular flexibility index (Phi) is 8.24. The zero-order valence-electron chi connectivity index (χ0n) is 19.4. The van der Waals surface area contributed by atoms with Crippen LogP contribution in [0.15, 0.2) is 82.2 Å². The number of anilines is 3. The Balaban J connectivity index is 1.70. The SMILES string of the molecule is CC(C)c1ccc(N(CC(=O)Nc2ccc(S(=O)(=O)Nc3ccc(Br)cc3)cc2)S(C)(=O)=O)cc1. The number of carbonyl (C=O) groups is 1. The molecule has 0 heterocycles. The van der Waals surface area contributed by atoms with Crippen molar-refractivity contribution >= 4 is 58.9 Å². The summed E-state index contributed by atoms with van der Waals surface area (Å²) < 4.78 is 54.2. The molecular weight excluding hydrogens is 554 g/mol. The highest BCUT2D eigenvalue weighted by atomic mass is 79.9. The molecule has 0 spiro atoms. The predicted molar refractivity (Wildman–Crippen MR) is 143 cm³/mol. The molecule has 186 valence electrons. The van der Waals surface area contributed by atoms with Gasteiger partial charge in [0.25, 0.3) is 10.0 Å². The molecule has 0 atom stereocenters. The fourth-order valence-corrected chi connectivity index (χ4v) is 5.39. The van der Waals surface area contributed by atoms with Gasteiger partial charge in [-0.15, -0.1) is 0 Å². The molecule has 3 aromatic carbocycles. The Labute approximate surface area is 214 Å². The lowest BCUT2D eigenvalue weighted by atomic mass is 10.0. The first-order valence-corrected chi connectivity index (χ1v) is 14.7. The molecule has 0 bridgehead atoms. The molecule has 0 unspecified atom stereocenters. The summed E-state index contributed by atoms with van der Waals surface area (Å²) in [6.45, 7) is 3.64. The third kappa shape index (κ3) is 7.30. The van der Waals surface area contributed by atoms with Crippen LogP contribution in [-0.2, 0) is 24.8 Å². The quantitative estimate of drug-likeness (QED) is 0.379. The van der Waals surface area contributed by atoms with Gasteiger partial charge in [0.2, 0.25) is 15.9 Å². The summed E-state index contributed by atoms with van der Waals surface area (Å²) in [4.78, 5) is 12.6. The molecule has 0 aromatic heterocycles. The van der Waals surface area contributed by atoms with E-state index in [1.807, 2.05) is 26.0 Å². The highest BCUT2D eigenvalue weighted by molar-refractivity contribution is 9.10. The number of carbonyl (C=O) groups excluding carboxylic acids is 1. The molecule has 0 fully saturated rings. The van der Waals surface area contributed by atoms with Crippen LogP contribution in [0, 0.1) is 0 Å². The van der Waals surface area contributed by atoms with Crippen LogP contribution in [0.5, 0.6) is 0 Å². The lowest BCUT2D eigenvalue weighted by Crippen LogP contribution is -2.37. The van der Waals surface area contributed by atoms with Gasteiger partial charge in [0.15, 0.2) is 0 Å². The highest BCUT2D eigenvalue weighted by Gasteiger charge is 2.21. The first-order valence-electron chi connectivity index (χ1n) is 10.6. The van der Waals surface area contributed by atoms with Gasteiger partial charge in [0.1, 0.15) is 6.54 Å². The summed E-state index contributed by atoms with van der Waals surface area (Å²) in [6.07, 6.45) is 1.04. The van der Waals surface area contributed by atoms with Crippen LogP contribution in [0.4, 0.5) is 17.1 Å². The van der Waals surface area contributed by atoms with E-state index in [2.05, 4.69) is 26.0 Å². The zero-order chi connectivity index (χ0) is 25.8. The van der Waals surface area contributed by atoms with E-state index in [1.165, 1.54) is 24.3 Å². The van der Waals surface area contributed by atoms with Crippen molar-refractivity contribution in [1.29, 1.82) is 0 Å². The minimum Gasteiger partial charge on any atom is -0.325 e. The zero-order valence-corrected chi connectivity index (χ0v) is 22.6. The van der Waals surface area contributed by atoms with Crippen LogP contribution < -0.4 is 14.3 Å². The van der Waals surface area contributed by atoms with Crippen molar-refractivity contribution in [2.45, 2.75) is 24.7 Å². The van der Waals surface area contributed by atoms with Crippen molar-refractivity contribution < 1.29 is 21.6 Å². The van der Waals surface area contributed by atoms with E-state index < -0.39 is 32.5 Å². The molecular formula is C24H26BrN3O5S2. The molecule has 0 saturated carbocycles. The largest absolute Gasteiger partial charge is 0.325 e. The molecule has 35 heavy (non-hydrogen) atoms. The van der Waals surface area contributed by atoms with Crippen LogP contribution in [0.3, 0.4) is 0 Å². The van der Waals surface area contributed by atoms with Crippen LogP contribution in [0.1, 0.15) is 25.3 Å². The van der Waals surface area contributed by atoms with Gasteiger partial charge in [0.05, 0.1) is 16.8 Å². The molecule has 2 N–H and O–H groups in total. The molecule has 8 nitrogen and oxygen atoms in total. The molecule has 0 radical (unpaired) electrons. The smallest absolute Gasteiger partial charge is 0.261 e. The van der Waals surface area contributed by atoms with Crippen molar-refractivity contribution in [2.24, 2.45) is 0 Å². The summed E-state index contributed by atoms with van der Waals surface area (Å²) in [5.41, 5.74) is 2.18. The number of hydrogen-bond acceptors (Lipinski definition) is 5. The summed E-state index contributed by atoms with van der Waals surface area (Å²) in [5, 5.41) is 2.61. The van der Waals surface area contributed by atoms with Gasteiger partial charge in [-0.25, -0.2) is 16.8 Å². The third-order valence-electron chi connectivity index (χ3n) is 5.08. The van der Waals surface area contributed by atoms with Gasteiger partial charge < -0.3 is 5.32 Å². The minimum absolute atomic E-state index is 0.0152.